The van der Waals surface area contributed by atoms with Gasteiger partial charge in [-0.05, 0) is 12.8 Å². The van der Waals surface area contributed by atoms with E-state index in [1.165, 1.54) is 128 Å². The maximum absolute atomic E-state index is 13.4. The molecule has 16 nitrogen and oxygen atoms in total. The molecule has 2 heterocycles. The third kappa shape index (κ3) is 25.5. The number of carbonyl (C=O) groups is 1. The number of amides is 1. The van der Waals surface area contributed by atoms with Crippen molar-refractivity contribution in [1.29, 1.82) is 0 Å². The molecule has 2 aliphatic heterocycles. The van der Waals surface area contributed by atoms with Gasteiger partial charge in [-0.1, -0.05) is 206 Å². The molecule has 0 aromatic heterocycles. The van der Waals surface area contributed by atoms with E-state index in [9.17, 15) is 55.9 Å². The first kappa shape index (κ1) is 63.0. The van der Waals surface area contributed by atoms with Gasteiger partial charge in [0.2, 0.25) is 5.91 Å². The summed E-state index contributed by atoms with van der Waals surface area (Å²) in [6.45, 7) is 2.41. The fourth-order valence-corrected chi connectivity index (χ4v) is 9.38. The van der Waals surface area contributed by atoms with Crippen LogP contribution in [-0.2, 0) is 23.7 Å². The van der Waals surface area contributed by atoms with Gasteiger partial charge in [0.15, 0.2) is 12.6 Å². The summed E-state index contributed by atoms with van der Waals surface area (Å²) in [6, 6.07) is -1.31. The fraction of sp³-hybridized carbons (Fsp3) is 0.981. The molecule has 0 aromatic carbocycles. The van der Waals surface area contributed by atoms with Crippen LogP contribution >= 0.6 is 0 Å². The first-order valence-electron chi connectivity index (χ1n) is 27.5. The topological polar surface area (TPSA) is 268 Å². The average molecular weight is 980 g/mol. The zero-order chi connectivity index (χ0) is 49.9. The third-order valence-corrected chi connectivity index (χ3v) is 14.0. The molecule has 0 aromatic rings. The quantitative estimate of drug-likeness (QED) is 0.0327. The minimum atomic E-state index is -1.87. The summed E-state index contributed by atoms with van der Waals surface area (Å²) in [5.74, 6) is -0.773. The first-order valence-corrected chi connectivity index (χ1v) is 27.5. The summed E-state index contributed by atoms with van der Waals surface area (Å²) in [5, 5.41) is 109. The predicted molar refractivity (Wildman–Crippen MR) is 261 cm³/mol. The molecule has 1 unspecified atom stereocenters. The Morgan fingerprint density at radius 3 is 1.26 bits per heavy atom. The van der Waals surface area contributed by atoms with Crippen molar-refractivity contribution < 1.29 is 74.8 Å². The van der Waals surface area contributed by atoms with Gasteiger partial charge in [-0.3, -0.25) is 4.79 Å². The number of aliphatic hydroxyl groups excluding tert-OH is 10. The van der Waals surface area contributed by atoms with E-state index in [4.69, 9.17) is 18.9 Å². The van der Waals surface area contributed by atoms with Gasteiger partial charge in [0.25, 0.3) is 0 Å². The predicted octanol–water partition coefficient (Wildman–Crippen LogP) is 5.72. The molecule has 0 radical (unpaired) electrons. The number of unbranched alkanes of at least 4 members (excludes halogenated alkanes) is 28. The van der Waals surface area contributed by atoms with Gasteiger partial charge in [-0.25, -0.2) is 0 Å². The Balaban J connectivity index is 1.94. The maximum Gasteiger partial charge on any atom is 0.249 e. The van der Waals surface area contributed by atoms with Crippen LogP contribution in [0, 0.1) is 0 Å². The van der Waals surface area contributed by atoms with Gasteiger partial charge in [-0.15, -0.1) is 0 Å². The third-order valence-electron chi connectivity index (χ3n) is 14.0. The molecule has 68 heavy (non-hydrogen) atoms. The van der Waals surface area contributed by atoms with Crippen LogP contribution in [0.1, 0.15) is 219 Å². The summed E-state index contributed by atoms with van der Waals surface area (Å²) < 4.78 is 22.9. The number of rotatable bonds is 43. The van der Waals surface area contributed by atoms with Crippen molar-refractivity contribution in [2.24, 2.45) is 0 Å². The Hall–Kier alpha value is -1.09. The van der Waals surface area contributed by atoms with E-state index in [0.717, 1.165) is 51.4 Å². The summed E-state index contributed by atoms with van der Waals surface area (Å²) >= 11 is 0. The average Bonchev–Trinajstić information content (AvgIpc) is 3.34. The summed E-state index contributed by atoms with van der Waals surface area (Å²) in [6.07, 6.45) is 14.9. The van der Waals surface area contributed by atoms with Gasteiger partial charge < -0.3 is 75.3 Å². The Kier molecular flexibility index (Phi) is 36.6. The largest absolute Gasteiger partial charge is 0.394 e. The zero-order valence-corrected chi connectivity index (χ0v) is 42.3. The molecule has 2 rings (SSSR count). The Labute approximate surface area is 409 Å². The number of ether oxygens (including phenoxy) is 4. The highest BCUT2D eigenvalue weighted by atomic mass is 16.8. The van der Waals surface area contributed by atoms with E-state index in [1.807, 2.05) is 0 Å². The second kappa shape index (κ2) is 39.4. The van der Waals surface area contributed by atoms with Crippen molar-refractivity contribution in [3.63, 3.8) is 0 Å². The van der Waals surface area contributed by atoms with Gasteiger partial charge in [0, 0.05) is 0 Å². The number of carbonyl (C=O) groups excluding carboxylic acids is 1. The second-order valence-electron chi connectivity index (χ2n) is 20.0. The van der Waals surface area contributed by atoms with Crippen LogP contribution in [0.15, 0.2) is 0 Å². The van der Waals surface area contributed by atoms with Crippen LogP contribution in [0.3, 0.4) is 0 Å². The standard InChI is InChI=1S/C52H101NO15/c1-3-5-7-9-11-13-15-17-19-20-22-24-26-28-30-32-34-40(57)50(64)53-38(43(58)39(56)33-31-29-27-25-23-21-18-16-14-12-10-8-6-4-2)37-65-52-49(47(62)45(60)42(36-55)67-52)68-51-48(63)46(61)44(59)41(35-54)66-51/h38-49,51-52,54-63H,3-37H2,1-2H3,(H,53,64)/t38-,39+,40+,41+,42+,43-,44-,45-,46-,47-,48+,49+,51?,52-/m0/s1. The Morgan fingerprint density at radius 1 is 0.485 bits per heavy atom. The minimum absolute atomic E-state index is 0.193. The van der Waals surface area contributed by atoms with E-state index >= 15 is 0 Å². The highest BCUT2D eigenvalue weighted by molar-refractivity contribution is 5.80. The summed E-state index contributed by atoms with van der Waals surface area (Å²) in [7, 11) is 0. The van der Waals surface area contributed by atoms with Crippen molar-refractivity contribution in [2.45, 2.75) is 305 Å². The highest BCUT2D eigenvalue weighted by Crippen LogP contribution is 2.30. The van der Waals surface area contributed by atoms with Crippen LogP contribution in [0.25, 0.3) is 0 Å². The van der Waals surface area contributed by atoms with Crippen LogP contribution in [0.2, 0.25) is 0 Å². The number of nitrogens with one attached hydrogen (secondary N) is 1. The van der Waals surface area contributed by atoms with Crippen LogP contribution < -0.4 is 5.32 Å². The van der Waals surface area contributed by atoms with Crippen molar-refractivity contribution in [1.82, 2.24) is 5.32 Å². The SMILES string of the molecule is CCCCCCCCCCCCCCCCCC[C@@H](O)C(=O)N[C@@H](CO[C@H]1O[C@H](CO)[C@H](O)[C@H](O)[C@H]1OC1O[C@H](CO)[C@H](O)[C@H](O)[C@H]1O)[C@H](O)[C@H](O)CCCCCCCCCCCCCCCC. The summed E-state index contributed by atoms with van der Waals surface area (Å²) in [5.41, 5.74) is 0. The first-order chi connectivity index (χ1) is 32.9. The lowest BCUT2D eigenvalue weighted by atomic mass is 9.97. The Bertz CT molecular complexity index is 1190. The number of aliphatic hydroxyl groups is 10. The van der Waals surface area contributed by atoms with E-state index in [0.29, 0.717) is 12.8 Å². The lowest BCUT2D eigenvalue weighted by Gasteiger charge is -2.46. The smallest absolute Gasteiger partial charge is 0.249 e. The van der Waals surface area contributed by atoms with Crippen LogP contribution in [-0.4, -0.2) is 163 Å². The van der Waals surface area contributed by atoms with Crippen molar-refractivity contribution in [3.05, 3.63) is 0 Å². The molecule has 0 spiro atoms. The molecule has 1 amide bonds. The molecule has 2 aliphatic rings. The molecule has 0 aliphatic carbocycles. The zero-order valence-electron chi connectivity index (χ0n) is 42.3. The molecule has 2 fully saturated rings. The van der Waals surface area contributed by atoms with E-state index < -0.39 is 111 Å². The molecular weight excluding hydrogens is 879 g/mol. The molecule has 14 atom stereocenters. The molecule has 16 heteroatoms. The molecule has 0 saturated carbocycles. The molecule has 404 valence electrons. The van der Waals surface area contributed by atoms with Gasteiger partial charge in [-0.2, -0.15) is 0 Å². The number of hydrogen-bond donors (Lipinski definition) is 11. The normalized spacial score (nSPS) is 27.2. The molecular formula is C52H101NO15. The highest BCUT2D eigenvalue weighted by Gasteiger charge is 2.51. The lowest BCUT2D eigenvalue weighted by molar-refractivity contribution is -0.368. The lowest BCUT2D eigenvalue weighted by Crippen LogP contribution is -2.65. The van der Waals surface area contributed by atoms with Gasteiger partial charge in [0.05, 0.1) is 32.0 Å². The van der Waals surface area contributed by atoms with Crippen LogP contribution in [0.5, 0.6) is 0 Å². The van der Waals surface area contributed by atoms with E-state index in [1.54, 1.807) is 0 Å². The van der Waals surface area contributed by atoms with Crippen LogP contribution in [0.4, 0.5) is 0 Å². The number of hydrogen-bond acceptors (Lipinski definition) is 15. The Morgan fingerprint density at radius 2 is 0.853 bits per heavy atom. The molecule has 2 saturated heterocycles. The summed E-state index contributed by atoms with van der Waals surface area (Å²) in [4.78, 5) is 13.4. The second-order valence-corrected chi connectivity index (χ2v) is 20.0. The van der Waals surface area contributed by atoms with Gasteiger partial charge in [0.1, 0.15) is 61.0 Å². The van der Waals surface area contributed by atoms with Gasteiger partial charge >= 0.3 is 0 Å². The van der Waals surface area contributed by atoms with E-state index in [-0.39, 0.29) is 12.8 Å². The van der Waals surface area contributed by atoms with Crippen molar-refractivity contribution in [3.8, 4) is 0 Å². The van der Waals surface area contributed by atoms with Crippen molar-refractivity contribution in [2.75, 3.05) is 19.8 Å². The molecule has 0 bridgehead atoms. The molecule has 11 N–H and O–H groups in total. The monoisotopic (exact) mass is 980 g/mol. The fourth-order valence-electron chi connectivity index (χ4n) is 9.38. The van der Waals surface area contributed by atoms with Crippen molar-refractivity contribution >= 4 is 5.91 Å². The maximum atomic E-state index is 13.4. The minimum Gasteiger partial charge on any atom is -0.394 e. The van der Waals surface area contributed by atoms with E-state index in [2.05, 4.69) is 19.2 Å².